The Labute approximate surface area is 162 Å². The molecular formula is C21H19N5O2. The highest BCUT2D eigenvalue weighted by molar-refractivity contribution is 5.94. The largest absolute Gasteiger partial charge is 0.467 e. The summed E-state index contributed by atoms with van der Waals surface area (Å²) in [5, 5.41) is 15.5. The number of amides is 1. The zero-order valence-corrected chi connectivity index (χ0v) is 15.4. The number of carbonyl (C=O) groups is 1. The molecule has 0 atom stereocenters. The predicted octanol–water partition coefficient (Wildman–Crippen LogP) is 3.22. The Morgan fingerprint density at radius 3 is 2.75 bits per heavy atom. The Bertz CT molecular complexity index is 1070. The molecule has 2 aromatic carbocycles. The average Bonchev–Trinajstić information content (AvgIpc) is 3.39. The monoisotopic (exact) mass is 373 g/mol. The van der Waals surface area contributed by atoms with E-state index in [1.165, 1.54) is 10.4 Å². The first kappa shape index (κ1) is 17.7. The summed E-state index contributed by atoms with van der Waals surface area (Å²) in [6.45, 7) is 2.81. The summed E-state index contributed by atoms with van der Waals surface area (Å²) in [7, 11) is 0. The van der Waals surface area contributed by atoms with Crippen LogP contribution in [0.15, 0.2) is 71.3 Å². The fraction of sp³-hybridized carbons (Fsp3) is 0.143. The molecule has 0 aliphatic rings. The van der Waals surface area contributed by atoms with Gasteiger partial charge < -0.3 is 9.73 Å². The lowest BCUT2D eigenvalue weighted by Gasteiger charge is -2.06. The first-order chi connectivity index (χ1) is 13.7. The highest BCUT2D eigenvalue weighted by atomic mass is 16.3. The number of rotatable bonds is 6. The molecule has 0 aliphatic heterocycles. The van der Waals surface area contributed by atoms with Gasteiger partial charge in [0.15, 0.2) is 0 Å². The summed E-state index contributed by atoms with van der Waals surface area (Å²) >= 11 is 0. The van der Waals surface area contributed by atoms with Crippen molar-refractivity contribution in [3.63, 3.8) is 0 Å². The van der Waals surface area contributed by atoms with Crippen LogP contribution in [-0.4, -0.2) is 26.1 Å². The smallest absolute Gasteiger partial charge is 0.251 e. The number of nitrogens with one attached hydrogen (secondary N) is 1. The highest BCUT2D eigenvalue weighted by Gasteiger charge is 2.09. The number of aromatic nitrogens is 4. The van der Waals surface area contributed by atoms with Gasteiger partial charge in [0, 0.05) is 11.1 Å². The Hall–Kier alpha value is -3.74. The van der Waals surface area contributed by atoms with Crippen LogP contribution in [0.3, 0.4) is 0 Å². The lowest BCUT2D eigenvalue weighted by molar-refractivity contribution is 0.0948. The molecule has 2 aromatic heterocycles. The second-order valence-corrected chi connectivity index (χ2v) is 6.47. The summed E-state index contributed by atoms with van der Waals surface area (Å²) in [4.78, 5) is 13.9. The summed E-state index contributed by atoms with van der Waals surface area (Å²) < 4.78 is 5.23. The first-order valence-corrected chi connectivity index (χ1v) is 8.92. The number of nitrogens with zero attached hydrogens (tertiary/aromatic N) is 4. The Kier molecular flexibility index (Phi) is 4.97. The maximum absolute atomic E-state index is 12.4. The Morgan fingerprint density at radius 2 is 1.96 bits per heavy atom. The third-order valence-corrected chi connectivity index (χ3v) is 4.28. The molecule has 4 aromatic rings. The number of aryl methyl sites for hydroxylation is 1. The third kappa shape index (κ3) is 4.15. The minimum Gasteiger partial charge on any atom is -0.467 e. The summed E-state index contributed by atoms with van der Waals surface area (Å²) in [6.07, 6.45) is 1.58. The molecule has 0 saturated heterocycles. The van der Waals surface area contributed by atoms with E-state index in [-0.39, 0.29) is 5.91 Å². The van der Waals surface area contributed by atoms with Gasteiger partial charge in [0.1, 0.15) is 5.76 Å². The topological polar surface area (TPSA) is 85.8 Å². The van der Waals surface area contributed by atoms with Gasteiger partial charge in [0.05, 0.1) is 19.4 Å². The Morgan fingerprint density at radius 1 is 1.11 bits per heavy atom. The van der Waals surface area contributed by atoms with Gasteiger partial charge >= 0.3 is 0 Å². The standard InChI is InChI=1S/C21H19N5O2/c1-15-7-9-17(10-8-15)20-23-25-26(24-20)14-16-4-2-5-18(12-16)21(27)22-13-19-6-3-11-28-19/h2-12H,13-14H2,1H3,(H,22,27). The quantitative estimate of drug-likeness (QED) is 0.561. The van der Waals surface area contributed by atoms with E-state index in [0.29, 0.717) is 30.2 Å². The normalized spacial score (nSPS) is 10.8. The van der Waals surface area contributed by atoms with Crippen molar-refractivity contribution in [2.24, 2.45) is 0 Å². The van der Waals surface area contributed by atoms with Crippen LogP contribution in [0.4, 0.5) is 0 Å². The molecule has 2 heterocycles. The van der Waals surface area contributed by atoms with Gasteiger partial charge in [0.25, 0.3) is 5.91 Å². The zero-order chi connectivity index (χ0) is 19.3. The van der Waals surface area contributed by atoms with Crippen molar-refractivity contribution in [2.75, 3.05) is 0 Å². The molecular weight excluding hydrogens is 354 g/mol. The van der Waals surface area contributed by atoms with Gasteiger partial charge in [-0.1, -0.05) is 42.0 Å². The number of benzene rings is 2. The molecule has 0 bridgehead atoms. The van der Waals surface area contributed by atoms with Crippen molar-refractivity contribution >= 4 is 5.91 Å². The van der Waals surface area contributed by atoms with Crippen molar-refractivity contribution in [3.05, 3.63) is 89.4 Å². The summed E-state index contributed by atoms with van der Waals surface area (Å²) in [6, 6.07) is 19.0. The van der Waals surface area contributed by atoms with Crippen LogP contribution in [0.1, 0.15) is 27.2 Å². The first-order valence-electron chi connectivity index (χ1n) is 8.92. The number of hydrogen-bond acceptors (Lipinski definition) is 5. The average molecular weight is 373 g/mol. The number of furan rings is 1. The van der Waals surface area contributed by atoms with Crippen molar-refractivity contribution in [3.8, 4) is 11.4 Å². The maximum Gasteiger partial charge on any atom is 0.251 e. The molecule has 140 valence electrons. The van der Waals surface area contributed by atoms with Gasteiger partial charge in [-0.15, -0.1) is 10.2 Å². The van der Waals surface area contributed by atoms with Crippen molar-refractivity contribution < 1.29 is 9.21 Å². The van der Waals surface area contributed by atoms with E-state index in [0.717, 1.165) is 11.1 Å². The molecule has 1 amide bonds. The summed E-state index contributed by atoms with van der Waals surface area (Å²) in [5.41, 5.74) is 3.59. The van der Waals surface area contributed by atoms with Gasteiger partial charge in [-0.25, -0.2) is 0 Å². The molecule has 4 rings (SSSR count). The van der Waals surface area contributed by atoms with Crippen LogP contribution < -0.4 is 5.32 Å². The molecule has 0 radical (unpaired) electrons. The van der Waals surface area contributed by atoms with Crippen LogP contribution in [-0.2, 0) is 13.1 Å². The summed E-state index contributed by atoms with van der Waals surface area (Å²) in [5.74, 6) is 1.12. The van der Waals surface area contributed by atoms with E-state index in [2.05, 4.69) is 20.7 Å². The SMILES string of the molecule is Cc1ccc(-c2nnn(Cc3cccc(C(=O)NCc4ccco4)c3)n2)cc1. The van der Waals surface area contributed by atoms with Crippen LogP contribution in [0.5, 0.6) is 0 Å². The van der Waals surface area contributed by atoms with Crippen LogP contribution in [0.25, 0.3) is 11.4 Å². The van der Waals surface area contributed by atoms with E-state index in [1.54, 1.807) is 18.4 Å². The minimum atomic E-state index is -0.162. The highest BCUT2D eigenvalue weighted by Crippen LogP contribution is 2.14. The van der Waals surface area contributed by atoms with Crippen molar-refractivity contribution in [1.29, 1.82) is 0 Å². The molecule has 0 fully saturated rings. The fourth-order valence-corrected chi connectivity index (χ4v) is 2.79. The second kappa shape index (κ2) is 7.87. The van der Waals surface area contributed by atoms with Gasteiger partial charge in [-0.05, 0) is 42.0 Å². The predicted molar refractivity (Wildman–Crippen MR) is 103 cm³/mol. The third-order valence-electron chi connectivity index (χ3n) is 4.28. The van der Waals surface area contributed by atoms with E-state index in [1.807, 2.05) is 55.5 Å². The van der Waals surface area contributed by atoms with E-state index >= 15 is 0 Å². The molecule has 0 unspecified atom stereocenters. The van der Waals surface area contributed by atoms with E-state index in [9.17, 15) is 4.79 Å². The van der Waals surface area contributed by atoms with Gasteiger partial charge in [-0.2, -0.15) is 4.80 Å². The molecule has 0 saturated carbocycles. The molecule has 7 heteroatoms. The van der Waals surface area contributed by atoms with Crippen LogP contribution >= 0.6 is 0 Å². The second-order valence-electron chi connectivity index (χ2n) is 6.47. The molecule has 0 spiro atoms. The fourth-order valence-electron chi connectivity index (χ4n) is 2.79. The maximum atomic E-state index is 12.4. The minimum absolute atomic E-state index is 0.162. The number of carbonyl (C=O) groups excluding carboxylic acids is 1. The molecule has 1 N–H and O–H groups in total. The van der Waals surface area contributed by atoms with Gasteiger partial charge in [-0.3, -0.25) is 4.79 Å². The molecule has 28 heavy (non-hydrogen) atoms. The molecule has 7 nitrogen and oxygen atoms in total. The van der Waals surface area contributed by atoms with E-state index in [4.69, 9.17) is 4.42 Å². The van der Waals surface area contributed by atoms with Crippen molar-refractivity contribution in [2.45, 2.75) is 20.0 Å². The lowest BCUT2D eigenvalue weighted by atomic mass is 10.1. The Balaban J connectivity index is 1.43. The lowest BCUT2D eigenvalue weighted by Crippen LogP contribution is -2.22. The van der Waals surface area contributed by atoms with E-state index < -0.39 is 0 Å². The van der Waals surface area contributed by atoms with Crippen LogP contribution in [0.2, 0.25) is 0 Å². The van der Waals surface area contributed by atoms with Gasteiger partial charge in [0.2, 0.25) is 5.82 Å². The number of hydrogen-bond donors (Lipinski definition) is 1. The van der Waals surface area contributed by atoms with Crippen molar-refractivity contribution in [1.82, 2.24) is 25.5 Å². The zero-order valence-electron chi connectivity index (χ0n) is 15.4. The molecule has 0 aliphatic carbocycles. The van der Waals surface area contributed by atoms with Crippen LogP contribution in [0, 0.1) is 6.92 Å². The number of tetrazole rings is 1.